The number of hydrogen-bond donors (Lipinski definition) is 5. The molecule has 5 N–H and O–H groups in total. The van der Waals surface area contributed by atoms with E-state index in [1.54, 1.807) is 30.3 Å². The van der Waals surface area contributed by atoms with Crippen molar-refractivity contribution >= 4 is 29.5 Å². The lowest BCUT2D eigenvalue weighted by Gasteiger charge is -2.14. The Labute approximate surface area is 132 Å². The molecule has 0 aliphatic heterocycles. The van der Waals surface area contributed by atoms with E-state index in [0.29, 0.717) is 5.69 Å². The Balaban J connectivity index is 2.31. The van der Waals surface area contributed by atoms with Crippen molar-refractivity contribution in [3.8, 4) is 0 Å². The van der Waals surface area contributed by atoms with Gasteiger partial charge in [0, 0.05) is 5.69 Å². The van der Waals surface area contributed by atoms with Gasteiger partial charge in [0.05, 0.1) is 6.54 Å². The third-order valence-electron chi connectivity index (χ3n) is 2.63. The van der Waals surface area contributed by atoms with Gasteiger partial charge in [0.1, 0.15) is 12.6 Å². The molecule has 0 heterocycles. The SMILES string of the molecule is C[C@H](NC(=O)Nc1ccccc1)C(=O)NCC(=O)NCC(=O)O. The molecule has 1 atom stereocenters. The van der Waals surface area contributed by atoms with Gasteiger partial charge in [0.2, 0.25) is 11.8 Å². The van der Waals surface area contributed by atoms with Crippen LogP contribution in [0.5, 0.6) is 0 Å². The van der Waals surface area contributed by atoms with Gasteiger partial charge in [0.15, 0.2) is 0 Å². The number of carbonyl (C=O) groups is 4. The number of urea groups is 1. The molecule has 1 aromatic rings. The lowest BCUT2D eigenvalue weighted by Crippen LogP contribution is -2.48. The van der Waals surface area contributed by atoms with Crippen LogP contribution in [0.4, 0.5) is 10.5 Å². The van der Waals surface area contributed by atoms with Gasteiger partial charge in [-0.05, 0) is 19.1 Å². The fraction of sp³-hybridized carbons (Fsp3) is 0.286. The predicted molar refractivity (Wildman–Crippen MR) is 81.7 cm³/mol. The Bertz CT molecular complexity index is 576. The zero-order chi connectivity index (χ0) is 17.2. The molecule has 4 amide bonds. The number of rotatable bonds is 7. The number of aliphatic carboxylic acids is 1. The van der Waals surface area contributed by atoms with Crippen molar-refractivity contribution in [2.45, 2.75) is 13.0 Å². The molecule has 1 rings (SSSR count). The normalized spacial score (nSPS) is 11.0. The number of carboxylic acids is 1. The van der Waals surface area contributed by atoms with Crippen LogP contribution in [0.15, 0.2) is 30.3 Å². The Hall–Kier alpha value is -3.10. The number of amides is 4. The third-order valence-corrected chi connectivity index (χ3v) is 2.63. The minimum absolute atomic E-state index is 0.377. The van der Waals surface area contributed by atoms with Gasteiger partial charge >= 0.3 is 12.0 Å². The van der Waals surface area contributed by atoms with E-state index in [2.05, 4.69) is 21.3 Å². The molecule has 0 aromatic heterocycles. The quantitative estimate of drug-likeness (QED) is 0.461. The minimum atomic E-state index is -1.18. The van der Waals surface area contributed by atoms with Crippen molar-refractivity contribution in [1.29, 1.82) is 0 Å². The molecule has 0 aliphatic carbocycles. The molecule has 9 nitrogen and oxygen atoms in total. The van der Waals surface area contributed by atoms with E-state index in [1.165, 1.54) is 6.92 Å². The summed E-state index contributed by atoms with van der Waals surface area (Å²) in [6.45, 7) is 0.551. The summed E-state index contributed by atoms with van der Waals surface area (Å²) in [4.78, 5) is 44.9. The Morgan fingerprint density at radius 2 is 1.70 bits per heavy atom. The number of nitrogens with one attached hydrogen (secondary N) is 4. The van der Waals surface area contributed by atoms with Crippen molar-refractivity contribution < 1.29 is 24.3 Å². The van der Waals surface area contributed by atoms with Gasteiger partial charge in [-0.15, -0.1) is 0 Å². The summed E-state index contributed by atoms with van der Waals surface area (Å²) in [5.74, 6) is -2.39. The van der Waals surface area contributed by atoms with Crippen LogP contribution in [0.2, 0.25) is 0 Å². The Morgan fingerprint density at radius 3 is 2.30 bits per heavy atom. The van der Waals surface area contributed by atoms with E-state index in [1.807, 2.05) is 0 Å². The molecule has 0 saturated heterocycles. The summed E-state index contributed by atoms with van der Waals surface area (Å²) in [6, 6.07) is 7.26. The molecule has 23 heavy (non-hydrogen) atoms. The smallest absolute Gasteiger partial charge is 0.322 e. The van der Waals surface area contributed by atoms with Crippen LogP contribution in [-0.2, 0) is 14.4 Å². The van der Waals surface area contributed by atoms with E-state index >= 15 is 0 Å². The molecule has 0 unspecified atom stereocenters. The second kappa shape index (κ2) is 9.03. The van der Waals surface area contributed by atoms with Gasteiger partial charge < -0.3 is 26.4 Å². The van der Waals surface area contributed by atoms with E-state index in [0.717, 1.165) is 0 Å². The molecule has 124 valence electrons. The van der Waals surface area contributed by atoms with Crippen molar-refractivity contribution in [1.82, 2.24) is 16.0 Å². The van der Waals surface area contributed by atoms with Crippen molar-refractivity contribution in [2.24, 2.45) is 0 Å². The van der Waals surface area contributed by atoms with Crippen molar-refractivity contribution in [3.63, 3.8) is 0 Å². The maximum atomic E-state index is 11.7. The fourth-order valence-corrected chi connectivity index (χ4v) is 1.51. The van der Waals surface area contributed by atoms with Gasteiger partial charge in [-0.25, -0.2) is 4.79 Å². The highest BCUT2D eigenvalue weighted by atomic mass is 16.4. The van der Waals surface area contributed by atoms with E-state index < -0.39 is 36.4 Å². The number of benzene rings is 1. The van der Waals surface area contributed by atoms with Crippen LogP contribution in [0.3, 0.4) is 0 Å². The highest BCUT2D eigenvalue weighted by Crippen LogP contribution is 2.04. The number of carboxylic acid groups (broad SMARTS) is 1. The van der Waals surface area contributed by atoms with Crippen LogP contribution in [0.1, 0.15) is 6.92 Å². The molecule has 0 spiro atoms. The molecule has 9 heteroatoms. The largest absolute Gasteiger partial charge is 0.480 e. The highest BCUT2D eigenvalue weighted by molar-refractivity contribution is 5.94. The topological polar surface area (TPSA) is 137 Å². The monoisotopic (exact) mass is 322 g/mol. The molecule has 1 aromatic carbocycles. The summed E-state index contributed by atoms with van der Waals surface area (Å²) < 4.78 is 0. The molecule has 0 aliphatic rings. The lowest BCUT2D eigenvalue weighted by molar-refractivity contribution is -0.137. The van der Waals surface area contributed by atoms with Crippen molar-refractivity contribution in [3.05, 3.63) is 30.3 Å². The molecular formula is C14H18N4O5. The van der Waals surface area contributed by atoms with Crippen LogP contribution >= 0.6 is 0 Å². The summed E-state index contributed by atoms with van der Waals surface area (Å²) in [7, 11) is 0. The molecule has 0 fully saturated rings. The fourth-order valence-electron chi connectivity index (χ4n) is 1.51. The zero-order valence-electron chi connectivity index (χ0n) is 12.5. The highest BCUT2D eigenvalue weighted by Gasteiger charge is 2.16. The molecule has 0 radical (unpaired) electrons. The first-order chi connectivity index (χ1) is 10.9. The average molecular weight is 322 g/mol. The van der Waals surface area contributed by atoms with E-state index in [9.17, 15) is 19.2 Å². The second-order valence-corrected chi connectivity index (χ2v) is 4.57. The van der Waals surface area contributed by atoms with Gasteiger partial charge in [0.25, 0.3) is 0 Å². The minimum Gasteiger partial charge on any atom is -0.480 e. The van der Waals surface area contributed by atoms with Crippen LogP contribution in [-0.4, -0.2) is 48.1 Å². The summed E-state index contributed by atoms with van der Waals surface area (Å²) in [5, 5.41) is 17.7. The molecular weight excluding hydrogens is 304 g/mol. The van der Waals surface area contributed by atoms with Gasteiger partial charge in [-0.2, -0.15) is 0 Å². The van der Waals surface area contributed by atoms with Crippen LogP contribution in [0.25, 0.3) is 0 Å². The van der Waals surface area contributed by atoms with Crippen molar-refractivity contribution in [2.75, 3.05) is 18.4 Å². The third kappa shape index (κ3) is 7.46. The van der Waals surface area contributed by atoms with Gasteiger partial charge in [-0.3, -0.25) is 14.4 Å². The van der Waals surface area contributed by atoms with Gasteiger partial charge in [-0.1, -0.05) is 18.2 Å². The Kier molecular flexibility index (Phi) is 7.05. The first kappa shape index (κ1) is 18.0. The summed E-state index contributed by atoms with van der Waals surface area (Å²) in [6.07, 6.45) is 0. The number of carbonyl (C=O) groups excluding carboxylic acids is 3. The molecule has 0 bridgehead atoms. The number of hydrogen-bond acceptors (Lipinski definition) is 4. The van der Waals surface area contributed by atoms with Crippen LogP contribution < -0.4 is 21.3 Å². The van der Waals surface area contributed by atoms with E-state index in [4.69, 9.17) is 5.11 Å². The van der Waals surface area contributed by atoms with E-state index in [-0.39, 0.29) is 6.54 Å². The number of anilines is 1. The first-order valence-corrected chi connectivity index (χ1v) is 6.77. The predicted octanol–water partition coefficient (Wildman–Crippen LogP) is -0.486. The first-order valence-electron chi connectivity index (χ1n) is 6.77. The zero-order valence-corrected chi connectivity index (χ0v) is 12.5. The lowest BCUT2D eigenvalue weighted by atomic mass is 10.3. The standard InChI is InChI=1S/C14H18N4O5/c1-9(13(22)16-7-11(19)15-8-12(20)21)17-14(23)18-10-5-3-2-4-6-10/h2-6,9H,7-8H2,1H3,(H,15,19)(H,16,22)(H,20,21)(H2,17,18,23)/t9-/m0/s1. The van der Waals surface area contributed by atoms with Crippen LogP contribution in [0, 0.1) is 0 Å². The summed E-state index contributed by atoms with van der Waals surface area (Å²) in [5.41, 5.74) is 0.575. The maximum absolute atomic E-state index is 11.7. The maximum Gasteiger partial charge on any atom is 0.322 e. The average Bonchev–Trinajstić information content (AvgIpc) is 2.51. The molecule has 0 saturated carbocycles. The number of para-hydroxylation sites is 1. The summed E-state index contributed by atoms with van der Waals surface area (Å²) >= 11 is 0. The second-order valence-electron chi connectivity index (χ2n) is 4.57. The Morgan fingerprint density at radius 1 is 1.04 bits per heavy atom.